The Morgan fingerprint density at radius 1 is 1.59 bits per heavy atom. The number of anilines is 1. The predicted octanol–water partition coefficient (Wildman–Crippen LogP) is 1.54. The van der Waals surface area contributed by atoms with Crippen LogP contribution in [0.1, 0.15) is 20.3 Å². The molecule has 2 N–H and O–H groups in total. The highest BCUT2D eigenvalue weighted by Crippen LogP contribution is 2.37. The molecule has 2 aromatic rings. The summed E-state index contributed by atoms with van der Waals surface area (Å²) in [6.45, 7) is 4.97. The minimum absolute atomic E-state index is 0.115. The van der Waals surface area contributed by atoms with Gasteiger partial charge in [-0.25, -0.2) is 9.97 Å². The second-order valence-electron chi connectivity index (χ2n) is 4.77. The van der Waals surface area contributed by atoms with Gasteiger partial charge in [-0.05, 0) is 32.4 Å². The molecule has 2 aromatic heterocycles. The second kappa shape index (κ2) is 3.43. The molecule has 5 heteroatoms. The maximum absolute atomic E-state index is 6.04. The van der Waals surface area contributed by atoms with Gasteiger partial charge in [0.2, 0.25) is 5.95 Å². The smallest absolute Gasteiger partial charge is 0.203 e. The molecule has 2 atom stereocenters. The van der Waals surface area contributed by atoms with Crippen molar-refractivity contribution < 1.29 is 4.74 Å². The van der Waals surface area contributed by atoms with Crippen molar-refractivity contribution in [2.24, 2.45) is 0 Å². The van der Waals surface area contributed by atoms with Gasteiger partial charge in [-0.3, -0.25) is 4.57 Å². The summed E-state index contributed by atoms with van der Waals surface area (Å²) >= 11 is 0. The lowest BCUT2D eigenvalue weighted by molar-refractivity contribution is 0.0781. The molecule has 90 valence electrons. The van der Waals surface area contributed by atoms with Gasteiger partial charge in [0, 0.05) is 12.8 Å². The molecule has 2 unspecified atom stereocenters. The van der Waals surface area contributed by atoms with Crippen molar-refractivity contribution in [1.29, 1.82) is 0 Å². The minimum atomic E-state index is -0.160. The minimum Gasteiger partial charge on any atom is -0.376 e. The van der Waals surface area contributed by atoms with Crippen LogP contribution in [-0.4, -0.2) is 27.2 Å². The normalized spacial score (nSPS) is 28.9. The van der Waals surface area contributed by atoms with Gasteiger partial charge in [0.15, 0.2) is 5.65 Å². The Bertz CT molecular complexity index is 565. The first-order valence-electron chi connectivity index (χ1n) is 5.84. The number of fused-ring (bicyclic) bond motifs is 1. The van der Waals surface area contributed by atoms with E-state index in [-0.39, 0.29) is 11.6 Å². The van der Waals surface area contributed by atoms with E-state index in [2.05, 4.69) is 23.8 Å². The number of pyridine rings is 1. The van der Waals surface area contributed by atoms with Crippen LogP contribution in [0.2, 0.25) is 0 Å². The molecule has 0 bridgehead atoms. The third kappa shape index (κ3) is 1.35. The molecule has 1 saturated heterocycles. The largest absolute Gasteiger partial charge is 0.376 e. The van der Waals surface area contributed by atoms with Gasteiger partial charge in [0.25, 0.3) is 0 Å². The fourth-order valence-electron chi connectivity index (χ4n) is 2.55. The van der Waals surface area contributed by atoms with E-state index in [4.69, 9.17) is 10.5 Å². The van der Waals surface area contributed by atoms with Crippen LogP contribution >= 0.6 is 0 Å². The van der Waals surface area contributed by atoms with Crippen LogP contribution in [0.4, 0.5) is 5.95 Å². The van der Waals surface area contributed by atoms with E-state index >= 15 is 0 Å². The van der Waals surface area contributed by atoms with Crippen LogP contribution in [0.15, 0.2) is 18.3 Å². The summed E-state index contributed by atoms with van der Waals surface area (Å²) in [7, 11) is 0. The zero-order chi connectivity index (χ0) is 12.0. The summed E-state index contributed by atoms with van der Waals surface area (Å²) in [6, 6.07) is 3.80. The number of rotatable bonds is 1. The number of nitrogen functional groups attached to an aromatic ring is 1. The van der Waals surface area contributed by atoms with Gasteiger partial charge < -0.3 is 10.5 Å². The number of nitrogens with zero attached hydrogens (tertiary/aromatic N) is 3. The van der Waals surface area contributed by atoms with Crippen LogP contribution in [0.3, 0.4) is 0 Å². The molecule has 1 aliphatic rings. The van der Waals surface area contributed by atoms with E-state index in [0.29, 0.717) is 5.95 Å². The summed E-state index contributed by atoms with van der Waals surface area (Å²) < 4.78 is 7.68. The summed E-state index contributed by atoms with van der Waals surface area (Å²) in [5, 5.41) is 0. The number of nitrogens with two attached hydrogens (primary N) is 1. The first-order chi connectivity index (χ1) is 8.13. The van der Waals surface area contributed by atoms with Gasteiger partial charge in [-0.2, -0.15) is 0 Å². The molecule has 1 fully saturated rings. The first kappa shape index (κ1) is 10.5. The molecular weight excluding hydrogens is 216 g/mol. The lowest BCUT2D eigenvalue weighted by Gasteiger charge is -2.30. The zero-order valence-electron chi connectivity index (χ0n) is 10.1. The molecule has 1 aliphatic heterocycles. The van der Waals surface area contributed by atoms with Crippen molar-refractivity contribution in [3.63, 3.8) is 0 Å². The Morgan fingerprint density at radius 2 is 2.41 bits per heavy atom. The number of hydrogen-bond acceptors (Lipinski definition) is 4. The highest BCUT2D eigenvalue weighted by Gasteiger charge is 2.41. The molecule has 0 amide bonds. The number of hydrogen-bond donors (Lipinski definition) is 1. The van der Waals surface area contributed by atoms with Crippen LogP contribution < -0.4 is 5.73 Å². The Kier molecular flexibility index (Phi) is 2.13. The standard InChI is InChI=1S/C12H16N4O/c1-8-12(2,5-7-17-8)16-10-9(15-11(16)13)4-3-6-14-10/h3-4,6,8H,5,7H2,1-2H3,(H2,13,15). The first-order valence-corrected chi connectivity index (χ1v) is 5.84. The molecule has 5 nitrogen and oxygen atoms in total. The van der Waals surface area contributed by atoms with Crippen molar-refractivity contribution >= 4 is 17.1 Å². The third-order valence-electron chi connectivity index (χ3n) is 3.80. The molecule has 17 heavy (non-hydrogen) atoms. The van der Waals surface area contributed by atoms with Crippen LogP contribution in [0, 0.1) is 0 Å². The van der Waals surface area contributed by atoms with Crippen LogP contribution in [0.25, 0.3) is 11.2 Å². The van der Waals surface area contributed by atoms with Gasteiger partial charge in [0.1, 0.15) is 5.52 Å². The Morgan fingerprint density at radius 3 is 3.12 bits per heavy atom. The fourth-order valence-corrected chi connectivity index (χ4v) is 2.55. The lowest BCUT2D eigenvalue weighted by Crippen LogP contribution is -2.37. The average molecular weight is 232 g/mol. The van der Waals surface area contributed by atoms with E-state index in [1.54, 1.807) is 6.20 Å². The summed E-state index contributed by atoms with van der Waals surface area (Å²) in [4.78, 5) is 8.75. The Balaban J connectivity index is 2.26. The molecule has 0 aliphatic carbocycles. The number of imidazole rings is 1. The predicted molar refractivity (Wildman–Crippen MR) is 65.6 cm³/mol. The fraction of sp³-hybridized carbons (Fsp3) is 0.500. The van der Waals surface area contributed by atoms with E-state index in [9.17, 15) is 0 Å². The number of ether oxygens (including phenoxy) is 1. The zero-order valence-corrected chi connectivity index (χ0v) is 10.1. The maximum Gasteiger partial charge on any atom is 0.203 e. The number of aromatic nitrogens is 3. The molecule has 3 rings (SSSR count). The highest BCUT2D eigenvalue weighted by atomic mass is 16.5. The van der Waals surface area contributed by atoms with E-state index in [0.717, 1.165) is 24.2 Å². The topological polar surface area (TPSA) is 66.0 Å². The summed E-state index contributed by atoms with van der Waals surface area (Å²) in [5.74, 6) is 0.513. The molecule has 0 aromatic carbocycles. The summed E-state index contributed by atoms with van der Waals surface area (Å²) in [6.07, 6.45) is 2.81. The summed E-state index contributed by atoms with van der Waals surface area (Å²) in [5.41, 5.74) is 7.55. The van der Waals surface area contributed by atoms with E-state index < -0.39 is 0 Å². The molecule has 0 spiro atoms. The van der Waals surface area contributed by atoms with Crippen molar-refractivity contribution in [1.82, 2.24) is 14.5 Å². The maximum atomic E-state index is 6.04. The molecule has 3 heterocycles. The second-order valence-corrected chi connectivity index (χ2v) is 4.77. The van der Waals surface area contributed by atoms with Crippen molar-refractivity contribution in [3.8, 4) is 0 Å². The van der Waals surface area contributed by atoms with Crippen molar-refractivity contribution in [2.45, 2.75) is 31.9 Å². The molecule has 0 saturated carbocycles. The SMILES string of the molecule is CC1OCCC1(C)n1c(N)nc2cccnc21. The molecular formula is C12H16N4O. The van der Waals surface area contributed by atoms with Gasteiger partial charge in [0.05, 0.1) is 11.6 Å². The van der Waals surface area contributed by atoms with Crippen LogP contribution in [0.5, 0.6) is 0 Å². The van der Waals surface area contributed by atoms with E-state index in [1.807, 2.05) is 16.7 Å². The van der Waals surface area contributed by atoms with Crippen LogP contribution in [-0.2, 0) is 10.3 Å². The quantitative estimate of drug-likeness (QED) is 0.810. The van der Waals surface area contributed by atoms with Crippen molar-refractivity contribution in [3.05, 3.63) is 18.3 Å². The van der Waals surface area contributed by atoms with E-state index in [1.165, 1.54) is 0 Å². The average Bonchev–Trinajstić information content (AvgIpc) is 2.80. The highest BCUT2D eigenvalue weighted by molar-refractivity contribution is 5.74. The van der Waals surface area contributed by atoms with Gasteiger partial charge in [-0.15, -0.1) is 0 Å². The monoisotopic (exact) mass is 232 g/mol. The molecule has 0 radical (unpaired) electrons. The third-order valence-corrected chi connectivity index (χ3v) is 3.80. The Hall–Kier alpha value is -1.62. The van der Waals surface area contributed by atoms with Gasteiger partial charge >= 0.3 is 0 Å². The van der Waals surface area contributed by atoms with Gasteiger partial charge in [-0.1, -0.05) is 0 Å². The van der Waals surface area contributed by atoms with Crippen molar-refractivity contribution in [2.75, 3.05) is 12.3 Å². The lowest BCUT2D eigenvalue weighted by atomic mass is 9.94. The Labute approximate surface area is 99.6 Å².